The molecule has 1 aliphatic carbocycles. The summed E-state index contributed by atoms with van der Waals surface area (Å²) in [5, 5.41) is 3.16. The van der Waals surface area contributed by atoms with E-state index >= 15 is 0 Å². The molecule has 7 heteroatoms. The molecule has 1 N–H and O–H groups in total. The summed E-state index contributed by atoms with van der Waals surface area (Å²) in [4.78, 5) is 27.4. The van der Waals surface area contributed by atoms with E-state index in [1.54, 1.807) is 0 Å². The number of benzene rings is 1. The molecule has 2 bridgehead atoms. The monoisotopic (exact) mass is 428 g/mol. The highest BCUT2D eigenvalue weighted by Gasteiger charge is 2.55. The van der Waals surface area contributed by atoms with E-state index in [0.717, 1.165) is 31.4 Å². The highest BCUT2D eigenvalue weighted by molar-refractivity contribution is 5.81. The van der Waals surface area contributed by atoms with Crippen molar-refractivity contribution in [3.63, 3.8) is 0 Å². The molecule has 2 amide bonds. The number of para-hydroxylation sites is 1. The Morgan fingerprint density at radius 1 is 1.13 bits per heavy atom. The fraction of sp³-hybridized carbons (Fsp3) is 0.667. The molecule has 1 saturated carbocycles. The van der Waals surface area contributed by atoms with Gasteiger partial charge in [-0.1, -0.05) is 18.2 Å². The van der Waals surface area contributed by atoms with Crippen molar-refractivity contribution >= 4 is 11.8 Å². The van der Waals surface area contributed by atoms with Crippen LogP contribution in [-0.4, -0.2) is 66.9 Å². The number of hydrogen-bond acceptors (Lipinski definition) is 5. The minimum atomic E-state index is -0.577. The van der Waals surface area contributed by atoms with Gasteiger partial charge in [0.05, 0.1) is 43.9 Å². The van der Waals surface area contributed by atoms with Gasteiger partial charge in [-0.05, 0) is 56.6 Å². The maximum absolute atomic E-state index is 13.3. The highest BCUT2D eigenvalue weighted by atomic mass is 16.5. The Kier molecular flexibility index (Phi) is 5.65. The zero-order valence-corrected chi connectivity index (χ0v) is 18.2. The molecule has 5 aliphatic rings. The number of carbonyl (C=O) groups excluding carboxylic acids is 2. The summed E-state index contributed by atoms with van der Waals surface area (Å²) >= 11 is 0. The second-order valence-corrected chi connectivity index (χ2v) is 9.51. The molecule has 168 valence electrons. The van der Waals surface area contributed by atoms with Crippen molar-refractivity contribution in [1.82, 2.24) is 10.2 Å². The second-order valence-electron chi connectivity index (χ2n) is 9.51. The van der Waals surface area contributed by atoms with E-state index in [9.17, 15) is 9.59 Å². The van der Waals surface area contributed by atoms with Crippen LogP contribution in [0, 0.1) is 0 Å². The molecule has 2 saturated heterocycles. The second kappa shape index (κ2) is 8.43. The van der Waals surface area contributed by atoms with Gasteiger partial charge in [0.2, 0.25) is 11.8 Å². The first-order valence-corrected chi connectivity index (χ1v) is 11.6. The molecule has 6 rings (SSSR count). The number of hydrogen-bond donors (Lipinski definition) is 1. The van der Waals surface area contributed by atoms with E-state index in [1.807, 2.05) is 24.0 Å². The maximum atomic E-state index is 13.3. The molecular weight excluding hydrogens is 396 g/mol. The summed E-state index contributed by atoms with van der Waals surface area (Å²) in [6.45, 7) is 3.31. The Hall–Kier alpha value is -2.12. The lowest BCUT2D eigenvalue weighted by molar-refractivity contribution is -0.144. The predicted molar refractivity (Wildman–Crippen MR) is 114 cm³/mol. The molecule has 4 aliphatic heterocycles. The Morgan fingerprint density at radius 3 is 2.74 bits per heavy atom. The normalized spacial score (nSPS) is 36.4. The summed E-state index contributed by atoms with van der Waals surface area (Å²) in [5.74, 6) is 1.28. The summed E-state index contributed by atoms with van der Waals surface area (Å²) in [7, 11) is 0. The minimum absolute atomic E-state index is 0.000900. The molecule has 0 aromatic heterocycles. The highest BCUT2D eigenvalue weighted by Crippen LogP contribution is 2.40. The predicted octanol–water partition coefficient (Wildman–Crippen LogP) is 2.39. The maximum Gasteiger partial charge on any atom is 0.246 e. The number of fused-ring (bicyclic) bond motifs is 6. The number of nitrogens with zero attached hydrogens (tertiary/aromatic N) is 1. The Labute approximate surface area is 183 Å². The molecular formula is C24H32N2O5. The average Bonchev–Trinajstić information content (AvgIpc) is 3.02. The molecule has 1 aromatic carbocycles. The summed E-state index contributed by atoms with van der Waals surface area (Å²) in [6, 6.07) is 8.00. The van der Waals surface area contributed by atoms with Crippen LogP contribution < -0.4 is 10.1 Å². The molecule has 4 heterocycles. The van der Waals surface area contributed by atoms with Gasteiger partial charge in [-0.25, -0.2) is 0 Å². The molecule has 0 unspecified atom stereocenters. The van der Waals surface area contributed by atoms with Gasteiger partial charge >= 0.3 is 0 Å². The van der Waals surface area contributed by atoms with Crippen LogP contribution in [0.3, 0.4) is 0 Å². The van der Waals surface area contributed by atoms with Crippen molar-refractivity contribution in [2.75, 3.05) is 26.4 Å². The molecule has 7 nitrogen and oxygen atoms in total. The lowest BCUT2D eigenvalue weighted by Crippen LogP contribution is -2.65. The summed E-state index contributed by atoms with van der Waals surface area (Å²) in [6.07, 6.45) is 5.27. The number of amides is 2. The van der Waals surface area contributed by atoms with Gasteiger partial charge in [0.1, 0.15) is 12.4 Å². The van der Waals surface area contributed by atoms with Gasteiger partial charge in [-0.3, -0.25) is 9.59 Å². The third kappa shape index (κ3) is 3.94. The summed E-state index contributed by atoms with van der Waals surface area (Å²) in [5.41, 5.74) is 0.672. The van der Waals surface area contributed by atoms with Crippen molar-refractivity contribution in [3.8, 4) is 5.75 Å². The first-order valence-electron chi connectivity index (χ1n) is 11.6. The Bertz CT molecular complexity index is 837. The van der Waals surface area contributed by atoms with E-state index in [4.69, 9.17) is 14.2 Å². The molecule has 3 fully saturated rings. The van der Waals surface area contributed by atoms with Gasteiger partial charge in [-0.2, -0.15) is 0 Å². The van der Waals surface area contributed by atoms with E-state index in [0.29, 0.717) is 38.6 Å². The summed E-state index contributed by atoms with van der Waals surface area (Å²) < 4.78 is 18.2. The van der Waals surface area contributed by atoms with Crippen LogP contribution in [-0.2, 0) is 19.1 Å². The smallest absolute Gasteiger partial charge is 0.246 e. The van der Waals surface area contributed by atoms with Gasteiger partial charge in [0, 0.05) is 6.04 Å². The zero-order chi connectivity index (χ0) is 21.4. The van der Waals surface area contributed by atoms with Crippen LogP contribution >= 0.6 is 0 Å². The van der Waals surface area contributed by atoms with Crippen LogP contribution in [0.15, 0.2) is 24.3 Å². The first-order chi connectivity index (χ1) is 15.1. The molecule has 3 atom stereocenters. The topological polar surface area (TPSA) is 77.1 Å². The third-order valence-electron chi connectivity index (χ3n) is 7.47. The van der Waals surface area contributed by atoms with Crippen LogP contribution in [0.4, 0.5) is 0 Å². The van der Waals surface area contributed by atoms with Crippen LogP contribution in [0.5, 0.6) is 5.75 Å². The number of ether oxygens (including phenoxy) is 3. The van der Waals surface area contributed by atoms with Gasteiger partial charge in [0.25, 0.3) is 0 Å². The number of morpholine rings is 1. The Balaban J connectivity index is 1.43. The zero-order valence-electron chi connectivity index (χ0n) is 18.2. The third-order valence-corrected chi connectivity index (χ3v) is 7.47. The van der Waals surface area contributed by atoms with Gasteiger partial charge < -0.3 is 24.4 Å². The standard InChI is InChI=1S/C24H32N2O5/c1-16-12-24(15-29-14-22(27)25-24)21-13-31-18-8-6-17(7-9-18)19-4-2-3-5-20(19)30-11-10-23(28)26(16)21/h2-5,16-18,21H,6-15H2,1H3,(H,25,27)/t16-,17?,18?,21+,24-/m1/s1. The first kappa shape index (κ1) is 20.8. The van der Waals surface area contributed by atoms with Crippen LogP contribution in [0.1, 0.15) is 56.9 Å². The van der Waals surface area contributed by atoms with E-state index in [1.165, 1.54) is 5.56 Å². The lowest BCUT2D eigenvalue weighted by Gasteiger charge is -2.42. The fourth-order valence-electron chi connectivity index (χ4n) is 6.05. The van der Waals surface area contributed by atoms with Crippen molar-refractivity contribution in [2.45, 2.75) is 75.1 Å². The van der Waals surface area contributed by atoms with Gasteiger partial charge in [-0.15, -0.1) is 0 Å². The molecule has 1 spiro atoms. The lowest BCUT2D eigenvalue weighted by atomic mass is 9.82. The number of nitrogens with one attached hydrogen (secondary N) is 1. The number of rotatable bonds is 0. The van der Waals surface area contributed by atoms with Crippen LogP contribution in [0.2, 0.25) is 0 Å². The van der Waals surface area contributed by atoms with E-state index in [2.05, 4.69) is 17.4 Å². The van der Waals surface area contributed by atoms with Crippen molar-refractivity contribution in [2.24, 2.45) is 0 Å². The van der Waals surface area contributed by atoms with Crippen LogP contribution in [0.25, 0.3) is 0 Å². The number of carbonyl (C=O) groups is 2. The molecule has 31 heavy (non-hydrogen) atoms. The minimum Gasteiger partial charge on any atom is -0.493 e. The van der Waals surface area contributed by atoms with Crippen molar-refractivity contribution in [1.29, 1.82) is 0 Å². The molecule has 1 aromatic rings. The van der Waals surface area contributed by atoms with E-state index < -0.39 is 5.54 Å². The van der Waals surface area contributed by atoms with E-state index in [-0.39, 0.29) is 36.6 Å². The fourth-order valence-corrected chi connectivity index (χ4v) is 6.05. The van der Waals surface area contributed by atoms with Crippen molar-refractivity contribution in [3.05, 3.63) is 29.8 Å². The average molecular weight is 429 g/mol. The van der Waals surface area contributed by atoms with Crippen molar-refractivity contribution < 1.29 is 23.8 Å². The van der Waals surface area contributed by atoms with Gasteiger partial charge in [0.15, 0.2) is 0 Å². The largest absolute Gasteiger partial charge is 0.493 e. The SMILES string of the molecule is C[C@@H]1C[C@@]2(COCC(=O)N2)[C@@H]2COC3CCC(CC3)c3ccccc3OCCC(=O)N12. The molecule has 0 radical (unpaired) electrons. The quantitative estimate of drug-likeness (QED) is 0.687. The Morgan fingerprint density at radius 2 is 1.94 bits per heavy atom.